The number of benzene rings is 2. The summed E-state index contributed by atoms with van der Waals surface area (Å²) < 4.78 is 5.37. The third kappa shape index (κ3) is 8.97. The molecule has 0 unspecified atom stereocenters. The normalized spacial score (nSPS) is 12.8. The Morgan fingerprint density at radius 1 is 1.02 bits per heavy atom. The van der Waals surface area contributed by atoms with E-state index >= 15 is 0 Å². The van der Waals surface area contributed by atoms with Crippen molar-refractivity contribution in [1.29, 1.82) is 0 Å². The summed E-state index contributed by atoms with van der Waals surface area (Å²) in [5, 5.41) is 5.76. The first-order chi connectivity index (χ1) is 19.1. The Morgan fingerprint density at radius 2 is 1.68 bits per heavy atom. The van der Waals surface area contributed by atoms with E-state index in [1.165, 1.54) is 11.2 Å². The highest BCUT2D eigenvalue weighted by Gasteiger charge is 2.34. The molecule has 3 N–H and O–H groups in total. The number of imidazole rings is 1. The third-order valence-corrected chi connectivity index (χ3v) is 6.85. The van der Waals surface area contributed by atoms with E-state index in [4.69, 9.17) is 4.74 Å². The van der Waals surface area contributed by atoms with Gasteiger partial charge in [0.1, 0.15) is 18.7 Å². The van der Waals surface area contributed by atoms with Crippen LogP contribution in [-0.4, -0.2) is 58.5 Å². The minimum atomic E-state index is -0.961. The van der Waals surface area contributed by atoms with Gasteiger partial charge in [-0.05, 0) is 23.5 Å². The van der Waals surface area contributed by atoms with Crippen LogP contribution in [0.1, 0.15) is 50.9 Å². The standard InChI is InChI=1S/C31H41N5O4/c1-22(2)16-27(28(37)33-20-31(3,4)24-14-10-7-11-15-24)36(5)29(38)26(17-25-18-32-21-34-25)35-30(39)40-19-23-12-8-6-9-13-23/h6-15,18,21-22,26-27H,16-17,19-20H2,1-5H3,(H,32,34)(H,33,37)(H,35,39)/t26-,27-/m0/s1. The summed E-state index contributed by atoms with van der Waals surface area (Å²) in [7, 11) is 1.61. The lowest BCUT2D eigenvalue weighted by Gasteiger charge is -2.33. The van der Waals surface area contributed by atoms with Crippen LogP contribution in [-0.2, 0) is 32.8 Å². The summed E-state index contributed by atoms with van der Waals surface area (Å²) in [5.41, 5.74) is 2.32. The molecule has 40 heavy (non-hydrogen) atoms. The fraction of sp³-hybridized carbons (Fsp3) is 0.419. The van der Waals surface area contributed by atoms with E-state index in [1.54, 1.807) is 13.2 Å². The van der Waals surface area contributed by atoms with Crippen molar-refractivity contribution in [2.75, 3.05) is 13.6 Å². The van der Waals surface area contributed by atoms with Crippen LogP contribution < -0.4 is 10.6 Å². The average Bonchev–Trinajstić information content (AvgIpc) is 3.46. The Kier molecular flexibility index (Phi) is 10.9. The molecule has 1 aromatic heterocycles. The number of ether oxygens (including phenoxy) is 1. The molecule has 9 nitrogen and oxygen atoms in total. The van der Waals surface area contributed by atoms with Gasteiger partial charge in [0.15, 0.2) is 0 Å². The summed E-state index contributed by atoms with van der Waals surface area (Å²) >= 11 is 0. The monoisotopic (exact) mass is 547 g/mol. The molecule has 3 amide bonds. The van der Waals surface area contributed by atoms with Crippen LogP contribution in [0.25, 0.3) is 0 Å². The molecule has 0 bridgehead atoms. The summed E-state index contributed by atoms with van der Waals surface area (Å²) in [6, 6.07) is 17.6. The number of aromatic nitrogens is 2. The SMILES string of the molecule is CC(C)C[C@@H](C(=O)NCC(C)(C)c1ccccc1)N(C)C(=O)[C@H](Cc1cnc[nH]1)NC(=O)OCc1ccccc1. The van der Waals surface area contributed by atoms with Crippen LogP contribution in [0.15, 0.2) is 73.2 Å². The summed E-state index contributed by atoms with van der Waals surface area (Å²) in [5.74, 6) is -0.474. The number of nitrogens with zero attached hydrogens (tertiary/aromatic N) is 2. The largest absolute Gasteiger partial charge is 0.445 e. The number of carbonyl (C=O) groups is 3. The maximum Gasteiger partial charge on any atom is 0.408 e. The van der Waals surface area contributed by atoms with Crippen LogP contribution in [0.4, 0.5) is 4.79 Å². The summed E-state index contributed by atoms with van der Waals surface area (Å²) in [4.78, 5) is 48.4. The summed E-state index contributed by atoms with van der Waals surface area (Å²) in [6.45, 7) is 8.64. The molecule has 3 aromatic rings. The molecule has 9 heteroatoms. The van der Waals surface area contributed by atoms with Crippen molar-refractivity contribution in [3.05, 3.63) is 90.0 Å². The lowest BCUT2D eigenvalue weighted by Crippen LogP contribution is -2.56. The van der Waals surface area contributed by atoms with Gasteiger partial charge in [-0.25, -0.2) is 9.78 Å². The zero-order valence-corrected chi connectivity index (χ0v) is 24.0. The molecular weight excluding hydrogens is 506 g/mol. The van der Waals surface area contributed by atoms with Crippen molar-refractivity contribution in [1.82, 2.24) is 25.5 Å². The molecule has 0 aliphatic carbocycles. The number of alkyl carbamates (subject to hydrolysis) is 1. The van der Waals surface area contributed by atoms with Crippen LogP contribution in [0.2, 0.25) is 0 Å². The van der Waals surface area contributed by atoms with Gasteiger partial charge in [0.05, 0.1) is 6.33 Å². The second-order valence-corrected chi connectivity index (χ2v) is 11.1. The lowest BCUT2D eigenvalue weighted by atomic mass is 9.84. The van der Waals surface area contributed by atoms with Gasteiger partial charge in [-0.2, -0.15) is 0 Å². The van der Waals surface area contributed by atoms with Gasteiger partial charge in [0.2, 0.25) is 11.8 Å². The second kappa shape index (κ2) is 14.3. The minimum Gasteiger partial charge on any atom is -0.445 e. The Balaban J connectivity index is 1.72. The molecule has 0 spiro atoms. The van der Waals surface area contributed by atoms with E-state index in [9.17, 15) is 14.4 Å². The third-order valence-electron chi connectivity index (χ3n) is 6.85. The zero-order chi connectivity index (χ0) is 29.1. The maximum absolute atomic E-state index is 13.8. The van der Waals surface area contributed by atoms with E-state index in [1.807, 2.05) is 74.5 Å². The van der Waals surface area contributed by atoms with E-state index in [0.717, 1.165) is 11.1 Å². The van der Waals surface area contributed by atoms with Crippen molar-refractivity contribution >= 4 is 17.9 Å². The predicted octanol–water partition coefficient (Wildman–Crippen LogP) is 4.21. The predicted molar refractivity (Wildman–Crippen MR) is 154 cm³/mol. The van der Waals surface area contributed by atoms with E-state index in [2.05, 4.69) is 34.4 Å². The highest BCUT2D eigenvalue weighted by atomic mass is 16.5. The molecule has 1 heterocycles. The van der Waals surface area contributed by atoms with Crippen molar-refractivity contribution < 1.29 is 19.1 Å². The number of H-pyrrole nitrogens is 1. The van der Waals surface area contributed by atoms with Crippen molar-refractivity contribution in [3.63, 3.8) is 0 Å². The molecule has 214 valence electrons. The quantitative estimate of drug-likeness (QED) is 0.296. The Labute approximate surface area is 236 Å². The average molecular weight is 548 g/mol. The highest BCUT2D eigenvalue weighted by Crippen LogP contribution is 2.22. The van der Waals surface area contributed by atoms with E-state index in [0.29, 0.717) is 18.7 Å². The van der Waals surface area contributed by atoms with Crippen LogP contribution in [0.3, 0.4) is 0 Å². The van der Waals surface area contributed by atoms with Gasteiger partial charge in [0.25, 0.3) is 0 Å². The van der Waals surface area contributed by atoms with Gasteiger partial charge >= 0.3 is 6.09 Å². The molecule has 2 atom stereocenters. The van der Waals surface area contributed by atoms with Crippen LogP contribution in [0.5, 0.6) is 0 Å². The van der Waals surface area contributed by atoms with Crippen molar-refractivity contribution in [3.8, 4) is 0 Å². The molecule has 0 aliphatic heterocycles. The number of likely N-dealkylation sites (N-methyl/N-ethyl adjacent to an activating group) is 1. The molecule has 0 radical (unpaired) electrons. The molecule has 0 fully saturated rings. The van der Waals surface area contributed by atoms with Gasteiger partial charge in [-0.3, -0.25) is 9.59 Å². The minimum absolute atomic E-state index is 0.0725. The number of hydrogen-bond acceptors (Lipinski definition) is 5. The Hall–Kier alpha value is -4.14. The fourth-order valence-electron chi connectivity index (χ4n) is 4.43. The van der Waals surface area contributed by atoms with Gasteiger partial charge in [-0.1, -0.05) is 88.4 Å². The van der Waals surface area contributed by atoms with E-state index in [-0.39, 0.29) is 30.3 Å². The number of nitrogens with one attached hydrogen (secondary N) is 3. The number of carbonyl (C=O) groups excluding carboxylic acids is 3. The van der Waals surface area contributed by atoms with Crippen LogP contribution >= 0.6 is 0 Å². The summed E-state index contributed by atoms with van der Waals surface area (Å²) in [6.07, 6.45) is 3.03. The smallest absolute Gasteiger partial charge is 0.408 e. The molecule has 0 aliphatic rings. The zero-order valence-electron chi connectivity index (χ0n) is 24.0. The molecule has 0 saturated heterocycles. The highest BCUT2D eigenvalue weighted by molar-refractivity contribution is 5.91. The van der Waals surface area contributed by atoms with Gasteiger partial charge < -0.3 is 25.3 Å². The number of amides is 3. The van der Waals surface area contributed by atoms with Gasteiger partial charge in [0, 0.05) is 37.3 Å². The first kappa shape index (κ1) is 30.4. The topological polar surface area (TPSA) is 116 Å². The molecule has 2 aromatic carbocycles. The molecular formula is C31H41N5O4. The number of rotatable bonds is 13. The molecule has 0 saturated carbocycles. The van der Waals surface area contributed by atoms with E-state index < -0.39 is 24.1 Å². The number of aromatic amines is 1. The maximum atomic E-state index is 13.8. The first-order valence-electron chi connectivity index (χ1n) is 13.6. The lowest BCUT2D eigenvalue weighted by molar-refractivity contribution is -0.141. The molecule has 3 rings (SSSR count). The fourth-order valence-corrected chi connectivity index (χ4v) is 4.43. The van der Waals surface area contributed by atoms with Crippen molar-refractivity contribution in [2.24, 2.45) is 5.92 Å². The van der Waals surface area contributed by atoms with Gasteiger partial charge in [-0.15, -0.1) is 0 Å². The first-order valence-corrected chi connectivity index (χ1v) is 13.6. The Bertz CT molecular complexity index is 1210. The van der Waals surface area contributed by atoms with Crippen molar-refractivity contribution in [2.45, 2.75) is 64.6 Å². The van der Waals surface area contributed by atoms with Crippen LogP contribution in [0, 0.1) is 5.92 Å². The second-order valence-electron chi connectivity index (χ2n) is 11.1. The number of hydrogen-bond donors (Lipinski definition) is 3. The Morgan fingerprint density at radius 3 is 2.27 bits per heavy atom.